The van der Waals surface area contributed by atoms with Crippen LogP contribution < -0.4 is 15.4 Å². The molecule has 0 bridgehead atoms. The molecular weight excluding hydrogens is 338 g/mol. The summed E-state index contributed by atoms with van der Waals surface area (Å²) in [5.74, 6) is 1.15. The molecule has 3 aromatic rings. The van der Waals surface area contributed by atoms with Gasteiger partial charge in [0.2, 0.25) is 0 Å². The highest BCUT2D eigenvalue weighted by Crippen LogP contribution is 2.25. The Morgan fingerprint density at radius 1 is 1.07 bits per heavy atom. The van der Waals surface area contributed by atoms with Crippen LogP contribution in [0.15, 0.2) is 66.9 Å². The molecule has 5 nitrogen and oxygen atoms in total. The van der Waals surface area contributed by atoms with Crippen molar-refractivity contribution in [3.63, 3.8) is 0 Å². The fourth-order valence-electron chi connectivity index (χ4n) is 2.73. The lowest BCUT2D eigenvalue weighted by Gasteiger charge is -2.11. The monoisotopic (exact) mass is 361 g/mol. The number of pyridine rings is 1. The summed E-state index contributed by atoms with van der Waals surface area (Å²) in [5, 5.41) is 6.15. The zero-order valence-corrected chi connectivity index (χ0v) is 15.5. The average Bonchev–Trinajstić information content (AvgIpc) is 2.69. The molecule has 0 atom stereocenters. The summed E-state index contributed by atoms with van der Waals surface area (Å²) in [6.45, 7) is 2.75. The van der Waals surface area contributed by atoms with Crippen molar-refractivity contribution in [3.8, 4) is 5.75 Å². The van der Waals surface area contributed by atoms with Crippen molar-refractivity contribution in [1.29, 1.82) is 0 Å². The second-order valence-electron chi connectivity index (χ2n) is 6.25. The number of nitrogens with zero attached hydrogens (tertiary/aromatic N) is 1. The SMILES string of the molecule is COc1ccc(C)cc1NC(=O)c1ccc(NCCc2ccccc2)nc1. The maximum Gasteiger partial charge on any atom is 0.257 e. The molecule has 0 saturated heterocycles. The van der Waals surface area contributed by atoms with E-state index in [9.17, 15) is 4.79 Å². The Hall–Kier alpha value is -3.34. The number of methoxy groups -OCH3 is 1. The van der Waals surface area contributed by atoms with Gasteiger partial charge in [-0.1, -0.05) is 36.4 Å². The van der Waals surface area contributed by atoms with Crippen molar-refractivity contribution >= 4 is 17.4 Å². The van der Waals surface area contributed by atoms with Gasteiger partial charge in [-0.2, -0.15) is 0 Å². The Morgan fingerprint density at radius 3 is 2.59 bits per heavy atom. The van der Waals surface area contributed by atoms with Crippen LogP contribution in [-0.2, 0) is 6.42 Å². The first-order valence-corrected chi connectivity index (χ1v) is 8.85. The molecule has 0 unspecified atom stereocenters. The van der Waals surface area contributed by atoms with Crippen LogP contribution in [-0.4, -0.2) is 24.5 Å². The number of benzene rings is 2. The molecular formula is C22H23N3O2. The highest BCUT2D eigenvalue weighted by atomic mass is 16.5. The van der Waals surface area contributed by atoms with Crippen LogP contribution in [0.1, 0.15) is 21.5 Å². The molecule has 5 heteroatoms. The highest BCUT2D eigenvalue weighted by molar-refractivity contribution is 6.05. The highest BCUT2D eigenvalue weighted by Gasteiger charge is 2.10. The number of rotatable bonds is 7. The van der Waals surface area contributed by atoms with Gasteiger partial charge in [-0.3, -0.25) is 4.79 Å². The Morgan fingerprint density at radius 2 is 1.89 bits per heavy atom. The van der Waals surface area contributed by atoms with E-state index in [1.54, 1.807) is 19.4 Å². The molecule has 0 radical (unpaired) electrons. The molecule has 3 rings (SSSR count). The van der Waals surface area contributed by atoms with E-state index >= 15 is 0 Å². The van der Waals surface area contributed by atoms with Gasteiger partial charge < -0.3 is 15.4 Å². The van der Waals surface area contributed by atoms with E-state index in [1.807, 2.05) is 49.4 Å². The fourth-order valence-corrected chi connectivity index (χ4v) is 2.73. The number of hydrogen-bond donors (Lipinski definition) is 2. The normalized spacial score (nSPS) is 10.3. The Bertz CT molecular complexity index is 893. The summed E-state index contributed by atoms with van der Waals surface area (Å²) in [6, 6.07) is 19.5. The van der Waals surface area contributed by atoms with Crippen molar-refractivity contribution in [3.05, 3.63) is 83.6 Å². The quantitative estimate of drug-likeness (QED) is 0.658. The second kappa shape index (κ2) is 8.85. The molecule has 2 aromatic carbocycles. The van der Waals surface area contributed by atoms with Gasteiger partial charge in [-0.05, 0) is 48.7 Å². The van der Waals surface area contributed by atoms with E-state index in [0.29, 0.717) is 17.0 Å². The van der Waals surface area contributed by atoms with E-state index in [2.05, 4.69) is 27.8 Å². The van der Waals surface area contributed by atoms with Crippen LogP contribution in [0.2, 0.25) is 0 Å². The predicted octanol–water partition coefficient (Wildman–Crippen LogP) is 4.31. The van der Waals surface area contributed by atoms with Crippen LogP contribution in [0, 0.1) is 6.92 Å². The Balaban J connectivity index is 1.58. The van der Waals surface area contributed by atoms with Crippen LogP contribution in [0.4, 0.5) is 11.5 Å². The van der Waals surface area contributed by atoms with Crippen molar-refractivity contribution in [1.82, 2.24) is 4.98 Å². The number of carbonyl (C=O) groups is 1. The minimum Gasteiger partial charge on any atom is -0.495 e. The molecule has 27 heavy (non-hydrogen) atoms. The molecule has 0 aliphatic rings. The summed E-state index contributed by atoms with van der Waals surface area (Å²) >= 11 is 0. The lowest BCUT2D eigenvalue weighted by Crippen LogP contribution is -2.13. The molecule has 0 fully saturated rings. The molecule has 138 valence electrons. The molecule has 0 aliphatic carbocycles. The third-order valence-corrected chi connectivity index (χ3v) is 4.19. The van der Waals surface area contributed by atoms with Gasteiger partial charge in [-0.15, -0.1) is 0 Å². The van der Waals surface area contributed by atoms with Crippen molar-refractivity contribution in [2.75, 3.05) is 24.3 Å². The van der Waals surface area contributed by atoms with Crippen molar-refractivity contribution in [2.45, 2.75) is 13.3 Å². The Kier molecular flexibility index (Phi) is 6.05. The zero-order valence-electron chi connectivity index (χ0n) is 15.5. The minimum atomic E-state index is -0.220. The van der Waals surface area contributed by atoms with Gasteiger partial charge in [0.05, 0.1) is 18.4 Å². The smallest absolute Gasteiger partial charge is 0.257 e. The minimum absolute atomic E-state index is 0.220. The third kappa shape index (κ3) is 5.07. The predicted molar refractivity (Wildman–Crippen MR) is 109 cm³/mol. The largest absolute Gasteiger partial charge is 0.495 e. The summed E-state index contributed by atoms with van der Waals surface area (Å²) in [6.07, 6.45) is 2.49. The van der Waals surface area contributed by atoms with E-state index < -0.39 is 0 Å². The molecule has 0 spiro atoms. The molecule has 1 heterocycles. The lowest BCUT2D eigenvalue weighted by atomic mass is 10.1. The Labute approximate surface area is 159 Å². The standard InChI is InChI=1S/C22H23N3O2/c1-16-8-10-20(27-2)19(14-16)25-22(26)18-9-11-21(24-15-18)23-13-12-17-6-4-3-5-7-17/h3-11,14-15H,12-13H2,1-2H3,(H,23,24)(H,25,26). The van der Waals surface area contributed by atoms with Gasteiger partial charge in [0, 0.05) is 12.7 Å². The molecule has 1 aromatic heterocycles. The van der Waals surface area contributed by atoms with Crippen molar-refractivity contribution < 1.29 is 9.53 Å². The number of anilines is 2. The van der Waals surface area contributed by atoms with E-state index in [-0.39, 0.29) is 5.91 Å². The maximum atomic E-state index is 12.5. The zero-order chi connectivity index (χ0) is 19.1. The van der Waals surface area contributed by atoms with Gasteiger partial charge >= 0.3 is 0 Å². The topological polar surface area (TPSA) is 63.2 Å². The van der Waals surface area contributed by atoms with Crippen molar-refractivity contribution in [2.24, 2.45) is 0 Å². The first kappa shape index (κ1) is 18.5. The summed E-state index contributed by atoms with van der Waals surface area (Å²) < 4.78 is 5.30. The number of nitrogens with one attached hydrogen (secondary N) is 2. The number of aromatic nitrogens is 1. The number of amides is 1. The van der Waals surface area contributed by atoms with Crippen LogP contribution >= 0.6 is 0 Å². The van der Waals surface area contributed by atoms with Gasteiger partial charge in [-0.25, -0.2) is 4.98 Å². The van der Waals surface area contributed by atoms with E-state index in [4.69, 9.17) is 4.74 Å². The fraction of sp³-hybridized carbons (Fsp3) is 0.182. The summed E-state index contributed by atoms with van der Waals surface area (Å²) in [4.78, 5) is 16.8. The van der Waals surface area contributed by atoms with E-state index in [0.717, 1.165) is 24.3 Å². The van der Waals surface area contributed by atoms with Gasteiger partial charge in [0.1, 0.15) is 11.6 Å². The van der Waals surface area contributed by atoms with Gasteiger partial charge in [0.15, 0.2) is 0 Å². The van der Waals surface area contributed by atoms with Gasteiger partial charge in [0.25, 0.3) is 5.91 Å². The van der Waals surface area contributed by atoms with E-state index in [1.165, 1.54) is 5.56 Å². The average molecular weight is 361 g/mol. The molecule has 0 aliphatic heterocycles. The first-order chi connectivity index (χ1) is 13.2. The molecule has 0 saturated carbocycles. The number of aryl methyl sites for hydroxylation is 1. The number of carbonyl (C=O) groups excluding carboxylic acids is 1. The maximum absolute atomic E-state index is 12.5. The lowest BCUT2D eigenvalue weighted by molar-refractivity contribution is 0.102. The third-order valence-electron chi connectivity index (χ3n) is 4.19. The summed E-state index contributed by atoms with van der Waals surface area (Å²) in [5.41, 5.74) is 3.45. The van der Waals surface area contributed by atoms with Crippen LogP contribution in [0.3, 0.4) is 0 Å². The number of hydrogen-bond acceptors (Lipinski definition) is 4. The molecule has 1 amide bonds. The number of ether oxygens (including phenoxy) is 1. The first-order valence-electron chi connectivity index (χ1n) is 8.85. The van der Waals surface area contributed by atoms with Crippen LogP contribution in [0.25, 0.3) is 0 Å². The van der Waals surface area contributed by atoms with Crippen LogP contribution in [0.5, 0.6) is 5.75 Å². The summed E-state index contributed by atoms with van der Waals surface area (Å²) in [7, 11) is 1.58. The second-order valence-corrected chi connectivity index (χ2v) is 6.25. The molecule has 2 N–H and O–H groups in total.